The average molecular weight is 184 g/mol. The van der Waals surface area contributed by atoms with Gasteiger partial charge in [-0.05, 0) is 11.8 Å². The normalized spacial score (nSPS) is 30.1. The number of amides is 2. The Balaban J connectivity index is 2.65. The zero-order valence-corrected chi connectivity index (χ0v) is 8.92. The molecule has 13 heavy (non-hydrogen) atoms. The Morgan fingerprint density at radius 1 is 1.23 bits per heavy atom. The first-order valence-corrected chi connectivity index (χ1v) is 5.13. The molecule has 0 spiro atoms. The number of urea groups is 1. The van der Waals surface area contributed by atoms with Crippen LogP contribution in [0.4, 0.5) is 4.79 Å². The van der Waals surface area contributed by atoms with E-state index in [-0.39, 0.29) is 6.03 Å². The SMILES string of the molecule is CCC(C)C1NC(=O)NC1C(C)C. The third kappa shape index (κ3) is 2.14. The first-order chi connectivity index (χ1) is 6.06. The Hall–Kier alpha value is -0.730. The number of nitrogens with one attached hydrogen (secondary N) is 2. The van der Waals surface area contributed by atoms with Gasteiger partial charge in [0.05, 0.1) is 12.1 Å². The van der Waals surface area contributed by atoms with Crippen molar-refractivity contribution in [3.8, 4) is 0 Å². The van der Waals surface area contributed by atoms with Crippen molar-refractivity contribution in [3.05, 3.63) is 0 Å². The van der Waals surface area contributed by atoms with E-state index in [0.717, 1.165) is 6.42 Å². The monoisotopic (exact) mass is 184 g/mol. The summed E-state index contributed by atoms with van der Waals surface area (Å²) in [6, 6.07) is 0.587. The Kier molecular flexibility index (Phi) is 3.17. The van der Waals surface area contributed by atoms with E-state index in [0.29, 0.717) is 23.9 Å². The maximum Gasteiger partial charge on any atom is 0.315 e. The van der Waals surface area contributed by atoms with Crippen LogP contribution >= 0.6 is 0 Å². The maximum absolute atomic E-state index is 11.2. The van der Waals surface area contributed by atoms with Crippen LogP contribution < -0.4 is 10.6 Å². The summed E-state index contributed by atoms with van der Waals surface area (Å²) in [6.45, 7) is 8.64. The molecule has 1 saturated heterocycles. The van der Waals surface area contributed by atoms with Crippen molar-refractivity contribution in [2.24, 2.45) is 11.8 Å². The fourth-order valence-corrected chi connectivity index (χ4v) is 1.86. The standard InChI is InChI=1S/C10H20N2O/c1-5-7(4)9-8(6(2)3)11-10(13)12-9/h6-9H,5H2,1-4H3,(H2,11,12,13). The Bertz CT molecular complexity index is 191. The summed E-state index contributed by atoms with van der Waals surface area (Å²) in [5.74, 6) is 1.05. The molecular weight excluding hydrogens is 164 g/mol. The van der Waals surface area contributed by atoms with Gasteiger partial charge in [0.25, 0.3) is 0 Å². The maximum atomic E-state index is 11.2. The Morgan fingerprint density at radius 2 is 1.77 bits per heavy atom. The zero-order chi connectivity index (χ0) is 10.0. The fraction of sp³-hybridized carbons (Fsp3) is 0.900. The van der Waals surface area contributed by atoms with E-state index in [1.807, 2.05) is 0 Å². The van der Waals surface area contributed by atoms with Gasteiger partial charge in [-0.2, -0.15) is 0 Å². The molecule has 2 N–H and O–H groups in total. The third-order valence-electron chi connectivity index (χ3n) is 2.96. The van der Waals surface area contributed by atoms with Gasteiger partial charge in [0.1, 0.15) is 0 Å². The molecule has 1 aliphatic rings. The molecular formula is C10H20N2O. The highest BCUT2D eigenvalue weighted by Gasteiger charge is 2.36. The smallest absolute Gasteiger partial charge is 0.315 e. The molecule has 0 radical (unpaired) electrons. The van der Waals surface area contributed by atoms with Gasteiger partial charge in [-0.3, -0.25) is 0 Å². The van der Waals surface area contributed by atoms with E-state index < -0.39 is 0 Å². The lowest BCUT2D eigenvalue weighted by Crippen LogP contribution is -2.42. The van der Waals surface area contributed by atoms with Crippen molar-refractivity contribution < 1.29 is 4.79 Å². The topological polar surface area (TPSA) is 41.1 Å². The van der Waals surface area contributed by atoms with Crippen LogP contribution in [0.2, 0.25) is 0 Å². The van der Waals surface area contributed by atoms with Crippen LogP contribution in [0.5, 0.6) is 0 Å². The van der Waals surface area contributed by atoms with Crippen molar-refractivity contribution in [3.63, 3.8) is 0 Å². The molecule has 3 atom stereocenters. The van der Waals surface area contributed by atoms with Crippen LogP contribution in [-0.4, -0.2) is 18.1 Å². The first kappa shape index (κ1) is 10.4. The van der Waals surface area contributed by atoms with Gasteiger partial charge in [0.2, 0.25) is 0 Å². The predicted octanol–water partition coefficient (Wildman–Crippen LogP) is 1.74. The predicted molar refractivity (Wildman–Crippen MR) is 53.5 cm³/mol. The fourth-order valence-electron chi connectivity index (χ4n) is 1.86. The number of hydrogen-bond donors (Lipinski definition) is 2. The van der Waals surface area contributed by atoms with Crippen LogP contribution in [0.3, 0.4) is 0 Å². The van der Waals surface area contributed by atoms with Gasteiger partial charge in [-0.25, -0.2) is 4.79 Å². The minimum atomic E-state index is -0.0102. The van der Waals surface area contributed by atoms with Crippen molar-refractivity contribution in [1.82, 2.24) is 10.6 Å². The van der Waals surface area contributed by atoms with E-state index >= 15 is 0 Å². The number of hydrogen-bond acceptors (Lipinski definition) is 1. The number of carbonyl (C=O) groups is 1. The van der Waals surface area contributed by atoms with Crippen LogP contribution in [-0.2, 0) is 0 Å². The molecule has 0 aliphatic carbocycles. The molecule has 3 unspecified atom stereocenters. The summed E-state index contributed by atoms with van der Waals surface area (Å²) in [7, 11) is 0. The molecule has 2 amide bonds. The molecule has 0 bridgehead atoms. The molecule has 1 rings (SSSR count). The van der Waals surface area contributed by atoms with Crippen molar-refractivity contribution >= 4 is 6.03 Å². The van der Waals surface area contributed by atoms with E-state index in [2.05, 4.69) is 38.3 Å². The molecule has 0 aromatic rings. The van der Waals surface area contributed by atoms with Gasteiger partial charge in [0.15, 0.2) is 0 Å². The van der Waals surface area contributed by atoms with Gasteiger partial charge < -0.3 is 10.6 Å². The van der Waals surface area contributed by atoms with Gasteiger partial charge in [-0.1, -0.05) is 34.1 Å². The lowest BCUT2D eigenvalue weighted by molar-refractivity contribution is 0.245. The van der Waals surface area contributed by atoms with E-state index in [1.54, 1.807) is 0 Å². The lowest BCUT2D eigenvalue weighted by Gasteiger charge is -2.26. The van der Waals surface area contributed by atoms with Crippen molar-refractivity contribution in [2.45, 2.75) is 46.2 Å². The van der Waals surface area contributed by atoms with Crippen LogP contribution in [0, 0.1) is 11.8 Å². The second kappa shape index (κ2) is 3.99. The second-order valence-electron chi connectivity index (χ2n) is 4.30. The highest BCUT2D eigenvalue weighted by Crippen LogP contribution is 2.20. The van der Waals surface area contributed by atoms with Crippen LogP contribution in [0.25, 0.3) is 0 Å². The molecule has 1 aliphatic heterocycles. The molecule has 1 fully saturated rings. The number of carbonyl (C=O) groups excluding carboxylic acids is 1. The largest absolute Gasteiger partial charge is 0.333 e. The highest BCUT2D eigenvalue weighted by molar-refractivity contribution is 5.77. The quantitative estimate of drug-likeness (QED) is 0.689. The second-order valence-corrected chi connectivity index (χ2v) is 4.30. The van der Waals surface area contributed by atoms with Crippen molar-refractivity contribution in [2.75, 3.05) is 0 Å². The lowest BCUT2D eigenvalue weighted by atomic mass is 9.88. The Morgan fingerprint density at radius 3 is 2.23 bits per heavy atom. The van der Waals surface area contributed by atoms with Crippen LogP contribution in [0.15, 0.2) is 0 Å². The van der Waals surface area contributed by atoms with E-state index in [9.17, 15) is 4.79 Å². The first-order valence-electron chi connectivity index (χ1n) is 5.13. The number of rotatable bonds is 3. The molecule has 1 heterocycles. The Labute approximate surface area is 80.3 Å². The molecule has 0 aromatic carbocycles. The van der Waals surface area contributed by atoms with Crippen LogP contribution in [0.1, 0.15) is 34.1 Å². The average Bonchev–Trinajstić information content (AvgIpc) is 2.46. The van der Waals surface area contributed by atoms with Gasteiger partial charge in [-0.15, -0.1) is 0 Å². The zero-order valence-electron chi connectivity index (χ0n) is 8.92. The highest BCUT2D eigenvalue weighted by atomic mass is 16.2. The molecule has 0 saturated carbocycles. The minimum Gasteiger partial charge on any atom is -0.333 e. The summed E-state index contributed by atoms with van der Waals surface area (Å²) in [4.78, 5) is 11.2. The summed E-state index contributed by atoms with van der Waals surface area (Å²) in [5.41, 5.74) is 0. The summed E-state index contributed by atoms with van der Waals surface area (Å²) < 4.78 is 0. The van der Waals surface area contributed by atoms with Gasteiger partial charge >= 0.3 is 6.03 Å². The summed E-state index contributed by atoms with van der Waals surface area (Å²) in [6.07, 6.45) is 1.11. The summed E-state index contributed by atoms with van der Waals surface area (Å²) in [5, 5.41) is 5.95. The van der Waals surface area contributed by atoms with E-state index in [1.165, 1.54) is 0 Å². The van der Waals surface area contributed by atoms with Gasteiger partial charge in [0, 0.05) is 0 Å². The molecule has 3 heteroatoms. The minimum absolute atomic E-state index is 0.0102. The van der Waals surface area contributed by atoms with E-state index in [4.69, 9.17) is 0 Å². The molecule has 3 nitrogen and oxygen atoms in total. The third-order valence-corrected chi connectivity index (χ3v) is 2.96. The molecule has 0 aromatic heterocycles. The van der Waals surface area contributed by atoms with Crippen molar-refractivity contribution in [1.29, 1.82) is 0 Å². The molecule has 76 valence electrons. The summed E-state index contributed by atoms with van der Waals surface area (Å²) >= 11 is 0.